The highest BCUT2D eigenvalue weighted by atomic mass is 16.7. The minimum atomic E-state index is -0.480. The molecule has 1 aliphatic carbocycles. The molecule has 0 heterocycles. The SMILES string of the molecule is COCOc1ccc2cc(C3(c4ccc5cc(OCOC)ccc5c4)c4ccccc4-c4ccccc43)ccc2c1. The van der Waals surface area contributed by atoms with Crippen molar-refractivity contribution in [2.75, 3.05) is 27.8 Å². The van der Waals surface area contributed by atoms with Gasteiger partial charge in [0.2, 0.25) is 0 Å². The fourth-order valence-electron chi connectivity index (χ4n) is 6.37. The lowest BCUT2D eigenvalue weighted by atomic mass is 9.67. The largest absolute Gasteiger partial charge is 0.468 e. The molecule has 0 atom stereocenters. The van der Waals surface area contributed by atoms with Gasteiger partial charge in [0, 0.05) is 14.2 Å². The quantitative estimate of drug-likeness (QED) is 0.182. The topological polar surface area (TPSA) is 36.9 Å². The first kappa shape index (κ1) is 25.3. The highest BCUT2D eigenvalue weighted by molar-refractivity contribution is 5.92. The highest BCUT2D eigenvalue weighted by Gasteiger charge is 2.46. The number of ether oxygens (including phenoxy) is 4. The van der Waals surface area contributed by atoms with E-state index < -0.39 is 5.41 Å². The van der Waals surface area contributed by atoms with Crippen molar-refractivity contribution in [2.24, 2.45) is 0 Å². The zero-order chi connectivity index (χ0) is 27.8. The average Bonchev–Trinajstić information content (AvgIpc) is 3.33. The molecule has 0 aromatic heterocycles. The molecule has 0 unspecified atom stereocenters. The number of hydrogen-bond acceptors (Lipinski definition) is 4. The Morgan fingerprint density at radius 3 is 1.34 bits per heavy atom. The van der Waals surface area contributed by atoms with Gasteiger partial charge in [-0.2, -0.15) is 0 Å². The van der Waals surface area contributed by atoms with Gasteiger partial charge in [-0.15, -0.1) is 0 Å². The van der Waals surface area contributed by atoms with Crippen LogP contribution in [0.25, 0.3) is 32.7 Å². The number of methoxy groups -OCH3 is 2. The van der Waals surface area contributed by atoms with Gasteiger partial charge in [-0.1, -0.05) is 84.9 Å². The molecule has 4 nitrogen and oxygen atoms in total. The van der Waals surface area contributed by atoms with Gasteiger partial charge >= 0.3 is 0 Å². The van der Waals surface area contributed by atoms with E-state index >= 15 is 0 Å². The van der Waals surface area contributed by atoms with Crippen LogP contribution in [0.2, 0.25) is 0 Å². The van der Waals surface area contributed by atoms with Crippen LogP contribution in [0.1, 0.15) is 22.3 Å². The molecule has 7 rings (SSSR count). The van der Waals surface area contributed by atoms with E-state index in [1.165, 1.54) is 33.4 Å². The van der Waals surface area contributed by atoms with Gasteiger partial charge in [-0.3, -0.25) is 0 Å². The summed E-state index contributed by atoms with van der Waals surface area (Å²) in [6.45, 7) is 0.449. The van der Waals surface area contributed by atoms with Crippen LogP contribution < -0.4 is 9.47 Å². The van der Waals surface area contributed by atoms with Gasteiger partial charge < -0.3 is 18.9 Å². The molecule has 0 radical (unpaired) electrons. The zero-order valence-electron chi connectivity index (χ0n) is 23.1. The van der Waals surface area contributed by atoms with Crippen molar-refractivity contribution in [1.82, 2.24) is 0 Å². The van der Waals surface area contributed by atoms with Crippen LogP contribution in [0.3, 0.4) is 0 Å². The van der Waals surface area contributed by atoms with Crippen molar-refractivity contribution in [1.29, 1.82) is 0 Å². The third-order valence-electron chi connectivity index (χ3n) is 8.13. The van der Waals surface area contributed by atoms with Crippen LogP contribution >= 0.6 is 0 Å². The van der Waals surface area contributed by atoms with E-state index in [9.17, 15) is 0 Å². The van der Waals surface area contributed by atoms with Crippen LogP contribution in [-0.2, 0) is 14.9 Å². The van der Waals surface area contributed by atoms with Gasteiger partial charge in [0.1, 0.15) is 11.5 Å². The Morgan fingerprint density at radius 1 is 0.463 bits per heavy atom. The maximum absolute atomic E-state index is 5.71. The minimum absolute atomic E-state index is 0.224. The summed E-state index contributed by atoms with van der Waals surface area (Å²) in [7, 11) is 3.26. The van der Waals surface area contributed by atoms with Crippen LogP contribution in [0.4, 0.5) is 0 Å². The maximum Gasteiger partial charge on any atom is 0.188 e. The predicted molar refractivity (Wildman–Crippen MR) is 164 cm³/mol. The Labute approximate surface area is 239 Å². The van der Waals surface area contributed by atoms with E-state index in [1.54, 1.807) is 14.2 Å². The molecule has 1 aliphatic rings. The molecule has 0 saturated heterocycles. The van der Waals surface area contributed by atoms with Crippen LogP contribution in [0.5, 0.6) is 11.5 Å². The third-order valence-corrected chi connectivity index (χ3v) is 8.13. The van der Waals surface area contributed by atoms with E-state index in [4.69, 9.17) is 18.9 Å². The van der Waals surface area contributed by atoms with Crippen LogP contribution in [-0.4, -0.2) is 27.8 Å². The molecule has 0 saturated carbocycles. The summed E-state index contributed by atoms with van der Waals surface area (Å²) in [4.78, 5) is 0. The lowest BCUT2D eigenvalue weighted by Crippen LogP contribution is -2.28. The second-order valence-electron chi connectivity index (χ2n) is 10.4. The molecule has 6 aromatic rings. The lowest BCUT2D eigenvalue weighted by molar-refractivity contribution is 0.0510. The summed E-state index contributed by atoms with van der Waals surface area (Å²) in [6.07, 6.45) is 0. The Hall–Kier alpha value is -4.64. The van der Waals surface area contributed by atoms with Gasteiger partial charge in [0.05, 0.1) is 5.41 Å². The first-order chi connectivity index (χ1) is 20.2. The fourth-order valence-corrected chi connectivity index (χ4v) is 6.37. The molecule has 0 fully saturated rings. The second kappa shape index (κ2) is 10.4. The molecule has 0 spiro atoms. The first-order valence-electron chi connectivity index (χ1n) is 13.7. The first-order valence-corrected chi connectivity index (χ1v) is 13.7. The molecule has 6 aromatic carbocycles. The summed E-state index contributed by atoms with van der Waals surface area (Å²) in [5.41, 5.74) is 7.11. The van der Waals surface area contributed by atoms with Crippen molar-refractivity contribution >= 4 is 21.5 Å². The predicted octanol–water partition coefficient (Wildman–Crippen LogP) is 8.32. The molecule has 202 valence electrons. The monoisotopic (exact) mass is 538 g/mol. The number of fused-ring (bicyclic) bond motifs is 5. The summed E-state index contributed by atoms with van der Waals surface area (Å²) >= 11 is 0. The van der Waals surface area contributed by atoms with Gasteiger partial charge in [0.15, 0.2) is 13.6 Å². The van der Waals surface area contributed by atoms with Crippen molar-refractivity contribution in [3.05, 3.63) is 144 Å². The molecule has 0 bridgehead atoms. The number of benzene rings is 6. The summed E-state index contributed by atoms with van der Waals surface area (Å²) in [5.74, 6) is 1.59. The molecule has 0 amide bonds. The van der Waals surface area contributed by atoms with Crippen molar-refractivity contribution in [3.8, 4) is 22.6 Å². The van der Waals surface area contributed by atoms with Crippen LogP contribution in [0.15, 0.2) is 121 Å². The van der Waals surface area contributed by atoms with Crippen molar-refractivity contribution in [2.45, 2.75) is 5.41 Å². The Morgan fingerprint density at radius 2 is 0.878 bits per heavy atom. The van der Waals surface area contributed by atoms with E-state index in [2.05, 4.69) is 109 Å². The Kier molecular flexibility index (Phi) is 6.43. The smallest absolute Gasteiger partial charge is 0.188 e. The Bertz CT molecular complexity index is 1750. The molecule has 41 heavy (non-hydrogen) atoms. The molecule has 0 aliphatic heterocycles. The third kappa shape index (κ3) is 4.15. The van der Waals surface area contributed by atoms with Crippen LogP contribution in [0, 0.1) is 0 Å². The summed E-state index contributed by atoms with van der Waals surface area (Å²) < 4.78 is 21.6. The van der Waals surface area contributed by atoms with Crippen molar-refractivity contribution < 1.29 is 18.9 Å². The van der Waals surface area contributed by atoms with Gasteiger partial charge in [-0.25, -0.2) is 0 Å². The average molecular weight is 539 g/mol. The molecule has 0 N–H and O–H groups in total. The van der Waals surface area contributed by atoms with E-state index in [0.717, 1.165) is 33.0 Å². The summed E-state index contributed by atoms with van der Waals surface area (Å²) in [6, 6.07) is 43.7. The second-order valence-corrected chi connectivity index (χ2v) is 10.4. The van der Waals surface area contributed by atoms with E-state index in [1.807, 2.05) is 12.1 Å². The van der Waals surface area contributed by atoms with Crippen molar-refractivity contribution in [3.63, 3.8) is 0 Å². The fraction of sp³-hybridized carbons (Fsp3) is 0.135. The number of hydrogen-bond donors (Lipinski definition) is 0. The number of rotatable bonds is 8. The highest BCUT2D eigenvalue weighted by Crippen LogP contribution is 2.56. The molecular formula is C37H30O4. The zero-order valence-corrected chi connectivity index (χ0v) is 23.1. The van der Waals surface area contributed by atoms with Gasteiger partial charge in [-0.05, 0) is 91.3 Å². The van der Waals surface area contributed by atoms with Gasteiger partial charge in [0.25, 0.3) is 0 Å². The molecule has 4 heteroatoms. The minimum Gasteiger partial charge on any atom is -0.468 e. The Balaban J connectivity index is 1.47. The maximum atomic E-state index is 5.71. The normalized spacial score (nSPS) is 13.2. The standard InChI is InChI=1S/C37H30O4/c1-38-23-40-31-17-13-25-19-29(15-11-27(25)21-31)37(35-9-5-3-7-33(35)34-8-4-6-10-36(34)37)30-16-12-28-22-32(41-24-39-2)18-14-26(28)20-30/h3-22H,23-24H2,1-2H3. The van der Waals surface area contributed by atoms with E-state index in [-0.39, 0.29) is 13.6 Å². The van der Waals surface area contributed by atoms with E-state index in [0.29, 0.717) is 0 Å². The lowest BCUT2D eigenvalue weighted by Gasteiger charge is -2.34. The summed E-state index contributed by atoms with van der Waals surface area (Å²) in [5, 5.41) is 4.57. The molecular weight excluding hydrogens is 508 g/mol.